The molecule has 3 saturated carbocycles. The normalized spacial score (nSPS) is 36.5. The van der Waals surface area contributed by atoms with Crippen molar-refractivity contribution in [3.63, 3.8) is 0 Å². The maximum Gasteiger partial charge on any atom is 0.471 e. The summed E-state index contributed by atoms with van der Waals surface area (Å²) < 4.78 is 45.9. The monoisotopic (exact) mass is 545 g/mol. The second kappa shape index (κ2) is 10.3. The van der Waals surface area contributed by atoms with Crippen molar-refractivity contribution in [2.75, 3.05) is 13.2 Å². The Morgan fingerprint density at radius 1 is 1.16 bits per heavy atom. The van der Waals surface area contributed by atoms with Gasteiger partial charge < -0.3 is 14.8 Å². The van der Waals surface area contributed by atoms with Gasteiger partial charge in [0.1, 0.15) is 0 Å². The van der Waals surface area contributed by atoms with E-state index >= 15 is 0 Å². The number of carbonyl (C=O) groups is 2. The van der Waals surface area contributed by atoms with Crippen molar-refractivity contribution >= 4 is 20.0 Å². The number of ketones is 1. The first kappa shape index (κ1) is 30.2. The highest BCUT2D eigenvalue weighted by Gasteiger charge is 2.57. The highest BCUT2D eigenvalue weighted by atomic mass is 28.4. The first-order valence-corrected chi connectivity index (χ1v) is 16.6. The van der Waals surface area contributed by atoms with E-state index in [-0.39, 0.29) is 52.9 Å². The summed E-state index contributed by atoms with van der Waals surface area (Å²) in [7, 11) is -2.11. The second-order valence-electron chi connectivity index (χ2n) is 13.9. The van der Waals surface area contributed by atoms with E-state index in [4.69, 9.17) is 4.43 Å². The summed E-state index contributed by atoms with van der Waals surface area (Å²) in [5.41, 5.74) is -0.0280. The highest BCUT2D eigenvalue weighted by Crippen LogP contribution is 2.62. The van der Waals surface area contributed by atoms with Gasteiger partial charge in [-0.25, -0.2) is 0 Å². The number of aliphatic hydroxyl groups excluding tert-OH is 1. The lowest BCUT2D eigenvalue weighted by Crippen LogP contribution is -2.55. The molecule has 0 spiro atoms. The van der Waals surface area contributed by atoms with Crippen LogP contribution in [0.5, 0.6) is 0 Å². The Kier molecular flexibility index (Phi) is 8.42. The van der Waals surface area contributed by atoms with Gasteiger partial charge in [0.25, 0.3) is 0 Å². The molecule has 0 saturated heterocycles. The number of hydrogen-bond acceptors (Lipinski definition) is 4. The standard InChI is InChI=1S/C28H46F3NO4Si/c1-25(2,3)37(6,7)36-17-19-13-23(34)18(16-33)14-27(19,5)22-10-12-26(4)11-8-9-21(26)20(22)15-32-24(35)28(29,30)31/h16,19-22,33H,8-15,17H2,1-7H3,(H,32,35)/b18-16-/t19-,20+,21+,22+,26+,27+/m1/s1. The lowest BCUT2D eigenvalue weighted by molar-refractivity contribution is -0.174. The molecule has 6 atom stereocenters. The number of amides is 1. The molecule has 3 aliphatic carbocycles. The van der Waals surface area contributed by atoms with E-state index < -0.39 is 25.8 Å². The molecule has 0 aromatic rings. The molecule has 3 aliphatic rings. The molecule has 3 rings (SSSR count). The predicted molar refractivity (Wildman–Crippen MR) is 140 cm³/mol. The number of allylic oxidation sites excluding steroid dienone is 1. The van der Waals surface area contributed by atoms with Gasteiger partial charge in [-0.3, -0.25) is 9.59 Å². The maximum absolute atomic E-state index is 13.1. The van der Waals surface area contributed by atoms with Crippen molar-refractivity contribution in [2.45, 2.75) is 104 Å². The zero-order chi connectivity index (χ0) is 28.0. The highest BCUT2D eigenvalue weighted by molar-refractivity contribution is 6.74. The lowest BCUT2D eigenvalue weighted by Gasteiger charge is -2.56. The molecule has 37 heavy (non-hydrogen) atoms. The topological polar surface area (TPSA) is 75.6 Å². The van der Waals surface area contributed by atoms with Crippen molar-refractivity contribution < 1.29 is 32.3 Å². The van der Waals surface area contributed by atoms with Crippen LogP contribution in [0.15, 0.2) is 11.8 Å². The third kappa shape index (κ3) is 5.97. The smallest absolute Gasteiger partial charge is 0.471 e. The molecule has 3 fully saturated rings. The summed E-state index contributed by atoms with van der Waals surface area (Å²) in [5, 5.41) is 12.1. The molecule has 0 aromatic carbocycles. The third-order valence-corrected chi connectivity index (χ3v) is 15.2. The molecular weight excluding hydrogens is 499 g/mol. The molecular formula is C28H46F3NO4Si. The first-order chi connectivity index (χ1) is 16.9. The fourth-order valence-corrected chi connectivity index (χ4v) is 8.31. The number of Topliss-reactive ketones (excluding diaryl/α,β-unsaturated/α-hetero) is 1. The van der Waals surface area contributed by atoms with Gasteiger partial charge in [0.05, 0.1) is 6.26 Å². The van der Waals surface area contributed by atoms with Crippen LogP contribution in [0, 0.1) is 34.5 Å². The molecule has 0 heterocycles. The zero-order valence-electron chi connectivity index (χ0n) is 23.6. The minimum atomic E-state index is -4.92. The summed E-state index contributed by atoms with van der Waals surface area (Å²) in [6.45, 7) is 15.6. The molecule has 1 amide bonds. The Balaban J connectivity index is 1.96. The van der Waals surface area contributed by atoms with Crippen LogP contribution in [0.4, 0.5) is 13.2 Å². The largest absolute Gasteiger partial charge is 0.515 e. The Hall–Kier alpha value is -1.35. The first-order valence-electron chi connectivity index (χ1n) is 13.7. The quantitative estimate of drug-likeness (QED) is 0.215. The Morgan fingerprint density at radius 2 is 1.81 bits per heavy atom. The Labute approximate surface area is 221 Å². The Morgan fingerprint density at radius 3 is 2.38 bits per heavy atom. The zero-order valence-corrected chi connectivity index (χ0v) is 24.6. The van der Waals surface area contributed by atoms with E-state index in [2.05, 4.69) is 53.0 Å². The average molecular weight is 546 g/mol. The number of nitrogens with one attached hydrogen (secondary N) is 1. The van der Waals surface area contributed by atoms with Crippen molar-refractivity contribution in [2.24, 2.45) is 34.5 Å². The molecule has 0 radical (unpaired) electrons. The molecule has 0 bridgehead atoms. The van der Waals surface area contributed by atoms with Crippen LogP contribution in [-0.2, 0) is 14.0 Å². The summed E-state index contributed by atoms with van der Waals surface area (Å²) in [4.78, 5) is 24.7. The van der Waals surface area contributed by atoms with Crippen molar-refractivity contribution in [3.05, 3.63) is 11.8 Å². The number of hydrogen-bond donors (Lipinski definition) is 2. The van der Waals surface area contributed by atoms with E-state index in [0.29, 0.717) is 18.6 Å². The van der Waals surface area contributed by atoms with Gasteiger partial charge in [-0.2, -0.15) is 13.2 Å². The SMILES string of the molecule is CC(C)(C)[Si](C)(C)OC[C@H]1CC(=O)/C(=C\O)C[C@]1(C)[C@H]1CC[C@]2(C)CCC[C@H]2[C@@H]1CNC(=O)C(F)(F)F. The molecule has 9 heteroatoms. The predicted octanol–water partition coefficient (Wildman–Crippen LogP) is 6.95. The summed E-state index contributed by atoms with van der Waals surface area (Å²) in [6.07, 6.45) is 1.41. The average Bonchev–Trinajstić information content (AvgIpc) is 3.17. The number of halogens is 3. The molecule has 0 unspecified atom stereocenters. The third-order valence-electron chi connectivity index (χ3n) is 10.7. The van der Waals surface area contributed by atoms with E-state index in [1.165, 1.54) is 0 Å². The number of aliphatic hydroxyl groups is 1. The van der Waals surface area contributed by atoms with Crippen LogP contribution in [0.2, 0.25) is 18.1 Å². The van der Waals surface area contributed by atoms with Crippen LogP contribution < -0.4 is 5.32 Å². The van der Waals surface area contributed by atoms with Crippen LogP contribution in [-0.4, -0.2) is 44.4 Å². The second-order valence-corrected chi connectivity index (χ2v) is 18.7. The Bertz CT molecular complexity index is 912. The number of alkyl halides is 3. The molecule has 2 N–H and O–H groups in total. The van der Waals surface area contributed by atoms with E-state index in [0.717, 1.165) is 38.4 Å². The van der Waals surface area contributed by atoms with E-state index in [1.54, 1.807) is 0 Å². The van der Waals surface area contributed by atoms with Crippen LogP contribution in [0.25, 0.3) is 0 Å². The minimum absolute atomic E-state index is 0.000843. The number of carbonyl (C=O) groups excluding carboxylic acids is 2. The van der Waals surface area contributed by atoms with Gasteiger partial charge in [0.15, 0.2) is 14.1 Å². The van der Waals surface area contributed by atoms with Gasteiger partial charge in [0, 0.05) is 25.1 Å². The number of fused-ring (bicyclic) bond motifs is 1. The van der Waals surface area contributed by atoms with Crippen LogP contribution >= 0.6 is 0 Å². The van der Waals surface area contributed by atoms with Gasteiger partial charge >= 0.3 is 12.1 Å². The lowest BCUT2D eigenvalue weighted by atomic mass is 9.49. The molecule has 212 valence electrons. The summed E-state index contributed by atoms with van der Waals surface area (Å²) in [6, 6.07) is 0. The summed E-state index contributed by atoms with van der Waals surface area (Å²) >= 11 is 0. The molecule has 5 nitrogen and oxygen atoms in total. The van der Waals surface area contributed by atoms with Crippen LogP contribution in [0.3, 0.4) is 0 Å². The van der Waals surface area contributed by atoms with Gasteiger partial charge in [-0.05, 0) is 84.7 Å². The molecule has 0 aromatic heterocycles. The minimum Gasteiger partial charge on any atom is -0.515 e. The number of rotatable bonds is 6. The molecule has 0 aliphatic heterocycles. The summed E-state index contributed by atoms with van der Waals surface area (Å²) in [5.74, 6) is -2.04. The fourth-order valence-electron chi connectivity index (χ4n) is 7.26. The van der Waals surface area contributed by atoms with Gasteiger partial charge in [-0.1, -0.05) is 41.0 Å². The maximum atomic E-state index is 13.1. The van der Waals surface area contributed by atoms with Gasteiger partial charge in [-0.15, -0.1) is 0 Å². The fraction of sp³-hybridized carbons (Fsp3) is 0.857. The van der Waals surface area contributed by atoms with Gasteiger partial charge in [0.2, 0.25) is 0 Å². The van der Waals surface area contributed by atoms with Crippen LogP contribution in [0.1, 0.15) is 79.6 Å². The van der Waals surface area contributed by atoms with Crippen molar-refractivity contribution in [1.82, 2.24) is 5.32 Å². The van der Waals surface area contributed by atoms with Crippen molar-refractivity contribution in [1.29, 1.82) is 0 Å². The van der Waals surface area contributed by atoms with E-state index in [1.807, 2.05) is 0 Å². The van der Waals surface area contributed by atoms with Crippen molar-refractivity contribution in [3.8, 4) is 0 Å². The van der Waals surface area contributed by atoms with E-state index in [9.17, 15) is 27.9 Å².